The summed E-state index contributed by atoms with van der Waals surface area (Å²) in [6.45, 7) is 2.69. The number of nitrogens with one attached hydrogen (secondary N) is 1. The van der Waals surface area contributed by atoms with Crippen LogP contribution in [0.1, 0.15) is 17.8 Å². The van der Waals surface area contributed by atoms with Gasteiger partial charge in [0, 0.05) is 4.47 Å². The summed E-state index contributed by atoms with van der Waals surface area (Å²) < 4.78 is 1.12. The number of aromatic amines is 1. The summed E-state index contributed by atoms with van der Waals surface area (Å²) in [6, 6.07) is 4.21. The normalized spacial score (nSPS) is 11.1. The number of hydrogen-bond donors (Lipinski definition) is 2. The number of imidazole rings is 1. The predicted molar refractivity (Wildman–Crippen MR) is 65.9 cm³/mol. The fourth-order valence-corrected chi connectivity index (χ4v) is 2.22. The van der Waals surface area contributed by atoms with Crippen molar-refractivity contribution in [2.45, 2.75) is 19.8 Å². The molecule has 0 saturated heterocycles. The van der Waals surface area contributed by atoms with Crippen LogP contribution < -0.4 is 5.73 Å². The summed E-state index contributed by atoms with van der Waals surface area (Å²) in [7, 11) is 0. The molecule has 3 N–H and O–H groups in total. The van der Waals surface area contributed by atoms with Crippen LogP contribution in [0.3, 0.4) is 0 Å². The molecule has 2 aromatic rings. The molecule has 0 unspecified atom stereocenters. The fraction of sp³-hybridized carbons (Fsp3) is 0.364. The van der Waals surface area contributed by atoms with E-state index in [9.17, 15) is 0 Å². The zero-order valence-electron chi connectivity index (χ0n) is 8.68. The van der Waals surface area contributed by atoms with Crippen molar-refractivity contribution in [3.05, 3.63) is 28.0 Å². The fourth-order valence-electron chi connectivity index (χ4n) is 1.69. The Bertz CT molecular complexity index is 476. The lowest BCUT2D eigenvalue weighted by atomic mass is 10.1. The van der Waals surface area contributed by atoms with Crippen LogP contribution in [0.15, 0.2) is 16.6 Å². The number of aromatic nitrogens is 2. The average Bonchev–Trinajstić information content (AvgIpc) is 2.53. The van der Waals surface area contributed by atoms with Crippen LogP contribution in [-0.4, -0.2) is 16.5 Å². The average molecular weight is 268 g/mol. The second-order valence-corrected chi connectivity index (χ2v) is 4.53. The van der Waals surface area contributed by atoms with Gasteiger partial charge >= 0.3 is 0 Å². The molecule has 15 heavy (non-hydrogen) atoms. The number of hydrogen-bond acceptors (Lipinski definition) is 2. The van der Waals surface area contributed by atoms with Gasteiger partial charge in [-0.15, -0.1) is 0 Å². The molecule has 0 aliphatic carbocycles. The van der Waals surface area contributed by atoms with E-state index in [1.807, 2.05) is 6.92 Å². The predicted octanol–water partition coefficient (Wildman–Crippen LogP) is 2.53. The van der Waals surface area contributed by atoms with Crippen molar-refractivity contribution in [1.82, 2.24) is 9.97 Å². The zero-order valence-corrected chi connectivity index (χ0v) is 10.3. The van der Waals surface area contributed by atoms with E-state index >= 15 is 0 Å². The van der Waals surface area contributed by atoms with Crippen LogP contribution in [0.25, 0.3) is 11.0 Å². The Morgan fingerprint density at radius 2 is 2.27 bits per heavy atom. The van der Waals surface area contributed by atoms with Crippen LogP contribution in [0, 0.1) is 6.92 Å². The van der Waals surface area contributed by atoms with E-state index in [1.54, 1.807) is 0 Å². The summed E-state index contributed by atoms with van der Waals surface area (Å²) in [6.07, 6.45) is 2.02. The first-order chi connectivity index (χ1) is 7.20. The molecule has 1 aromatic carbocycles. The molecular weight excluding hydrogens is 254 g/mol. The quantitative estimate of drug-likeness (QED) is 0.898. The summed E-state index contributed by atoms with van der Waals surface area (Å²) in [5.74, 6) is 0.952. The van der Waals surface area contributed by atoms with Gasteiger partial charge in [0.1, 0.15) is 5.82 Å². The van der Waals surface area contributed by atoms with Gasteiger partial charge in [0.2, 0.25) is 0 Å². The lowest BCUT2D eigenvalue weighted by molar-refractivity contribution is 0.831. The maximum Gasteiger partial charge on any atom is 0.104 e. The largest absolute Gasteiger partial charge is 0.342 e. The molecule has 0 amide bonds. The van der Waals surface area contributed by atoms with Gasteiger partial charge in [0.05, 0.1) is 11.0 Å². The molecule has 3 nitrogen and oxygen atoms in total. The third-order valence-corrected chi connectivity index (χ3v) is 3.16. The molecule has 0 aliphatic rings. The highest BCUT2D eigenvalue weighted by atomic mass is 79.9. The standard InChI is InChI=1S/C11H14BrN3/c1-7-14-10-5-8(3-2-4-13)9(12)6-11(10)15-7/h5-6H,2-4,13H2,1H3,(H,14,15). The number of halogens is 1. The van der Waals surface area contributed by atoms with Crippen molar-refractivity contribution in [2.24, 2.45) is 5.73 Å². The highest BCUT2D eigenvalue weighted by Crippen LogP contribution is 2.24. The Morgan fingerprint density at radius 3 is 3.00 bits per heavy atom. The minimum Gasteiger partial charge on any atom is -0.342 e. The number of aryl methyl sites for hydroxylation is 2. The van der Waals surface area contributed by atoms with E-state index in [2.05, 4.69) is 38.0 Å². The number of nitrogens with two attached hydrogens (primary N) is 1. The van der Waals surface area contributed by atoms with E-state index in [4.69, 9.17) is 5.73 Å². The van der Waals surface area contributed by atoms with Crippen molar-refractivity contribution < 1.29 is 0 Å². The molecule has 1 heterocycles. The van der Waals surface area contributed by atoms with E-state index < -0.39 is 0 Å². The Hall–Kier alpha value is -0.870. The number of benzene rings is 1. The van der Waals surface area contributed by atoms with Gasteiger partial charge in [-0.3, -0.25) is 0 Å². The maximum atomic E-state index is 5.51. The topological polar surface area (TPSA) is 54.7 Å². The van der Waals surface area contributed by atoms with Crippen LogP contribution in [0.4, 0.5) is 0 Å². The van der Waals surface area contributed by atoms with Crippen molar-refractivity contribution in [3.8, 4) is 0 Å². The van der Waals surface area contributed by atoms with Crippen molar-refractivity contribution in [2.75, 3.05) is 6.54 Å². The Morgan fingerprint density at radius 1 is 1.47 bits per heavy atom. The summed E-state index contributed by atoms with van der Waals surface area (Å²) in [5.41, 5.74) is 8.91. The second-order valence-electron chi connectivity index (χ2n) is 3.68. The van der Waals surface area contributed by atoms with E-state index in [1.165, 1.54) is 5.56 Å². The van der Waals surface area contributed by atoms with Crippen LogP contribution >= 0.6 is 15.9 Å². The SMILES string of the molecule is Cc1nc2cc(Br)c(CCCN)cc2[nH]1. The van der Waals surface area contributed by atoms with Gasteiger partial charge in [-0.05, 0) is 44.0 Å². The number of rotatable bonds is 3. The third-order valence-electron chi connectivity index (χ3n) is 2.42. The van der Waals surface area contributed by atoms with Crippen LogP contribution in [-0.2, 0) is 6.42 Å². The first-order valence-corrected chi connectivity index (χ1v) is 5.85. The molecule has 2 rings (SSSR count). The number of H-pyrrole nitrogens is 1. The van der Waals surface area contributed by atoms with E-state index in [0.29, 0.717) is 0 Å². The lowest BCUT2D eigenvalue weighted by Gasteiger charge is -2.03. The van der Waals surface area contributed by atoms with Gasteiger partial charge in [-0.2, -0.15) is 0 Å². The summed E-state index contributed by atoms with van der Waals surface area (Å²) >= 11 is 3.56. The Kier molecular flexibility index (Phi) is 3.07. The first-order valence-electron chi connectivity index (χ1n) is 5.05. The van der Waals surface area contributed by atoms with Crippen LogP contribution in [0.2, 0.25) is 0 Å². The highest BCUT2D eigenvalue weighted by molar-refractivity contribution is 9.10. The minimum absolute atomic E-state index is 0.729. The van der Waals surface area contributed by atoms with Crippen LogP contribution in [0.5, 0.6) is 0 Å². The molecule has 0 saturated carbocycles. The van der Waals surface area contributed by atoms with E-state index in [0.717, 1.165) is 40.7 Å². The first kappa shape index (κ1) is 10.6. The van der Waals surface area contributed by atoms with E-state index in [-0.39, 0.29) is 0 Å². The molecule has 80 valence electrons. The molecule has 0 aliphatic heterocycles. The monoisotopic (exact) mass is 267 g/mol. The highest BCUT2D eigenvalue weighted by Gasteiger charge is 2.05. The minimum atomic E-state index is 0.729. The molecule has 1 aromatic heterocycles. The lowest BCUT2D eigenvalue weighted by Crippen LogP contribution is -2.00. The Balaban J connectivity index is 2.42. The van der Waals surface area contributed by atoms with Gasteiger partial charge < -0.3 is 10.7 Å². The molecular formula is C11H14BrN3. The number of nitrogens with zero attached hydrogens (tertiary/aromatic N) is 1. The zero-order chi connectivity index (χ0) is 10.8. The third kappa shape index (κ3) is 2.21. The number of fused-ring (bicyclic) bond motifs is 1. The summed E-state index contributed by atoms with van der Waals surface area (Å²) in [4.78, 5) is 7.62. The molecule has 4 heteroatoms. The van der Waals surface area contributed by atoms with Gasteiger partial charge in [-0.25, -0.2) is 4.98 Å². The van der Waals surface area contributed by atoms with Gasteiger partial charge in [0.15, 0.2) is 0 Å². The molecule has 0 bridgehead atoms. The van der Waals surface area contributed by atoms with Crippen molar-refractivity contribution in [3.63, 3.8) is 0 Å². The molecule has 0 fully saturated rings. The summed E-state index contributed by atoms with van der Waals surface area (Å²) in [5, 5.41) is 0. The maximum absolute atomic E-state index is 5.51. The molecule has 0 atom stereocenters. The van der Waals surface area contributed by atoms with Gasteiger partial charge in [0.25, 0.3) is 0 Å². The second kappa shape index (κ2) is 4.33. The molecule has 0 spiro atoms. The molecule has 0 radical (unpaired) electrons. The smallest absolute Gasteiger partial charge is 0.104 e. The Labute approximate surface area is 97.2 Å². The van der Waals surface area contributed by atoms with Crippen molar-refractivity contribution >= 4 is 27.0 Å². The van der Waals surface area contributed by atoms with Crippen molar-refractivity contribution in [1.29, 1.82) is 0 Å². The van der Waals surface area contributed by atoms with Gasteiger partial charge in [-0.1, -0.05) is 15.9 Å².